The number of unbranched alkanes of at least 4 members (excludes halogenated alkanes) is 1. The van der Waals surface area contributed by atoms with E-state index in [1.54, 1.807) is 41.5 Å². The van der Waals surface area contributed by atoms with Gasteiger partial charge in [-0.2, -0.15) is 0 Å². The quantitative estimate of drug-likeness (QED) is 0.164. The molecule has 3 aliphatic carbocycles. The van der Waals surface area contributed by atoms with Crippen LogP contribution in [0.5, 0.6) is 0 Å². The van der Waals surface area contributed by atoms with Crippen molar-refractivity contribution < 1.29 is 32.4 Å². The predicted octanol–water partition coefficient (Wildman–Crippen LogP) is 3.77. The van der Waals surface area contributed by atoms with E-state index in [1.807, 2.05) is 6.92 Å². The van der Waals surface area contributed by atoms with Gasteiger partial charge in [0.15, 0.2) is 9.84 Å². The molecule has 0 bridgehead atoms. The summed E-state index contributed by atoms with van der Waals surface area (Å²) >= 11 is 13.1. The van der Waals surface area contributed by atoms with Crippen molar-refractivity contribution in [2.24, 2.45) is 17.3 Å². The summed E-state index contributed by atoms with van der Waals surface area (Å²) in [5.41, 5.74) is -1.81. The normalized spacial score (nSPS) is 25.7. The number of nitrogens with one attached hydrogen (secondary N) is 4. The summed E-state index contributed by atoms with van der Waals surface area (Å²) in [6, 6.07) is -4.02. The lowest BCUT2D eigenvalue weighted by molar-refractivity contribution is -0.144. The number of Topliss-reactive ketones (excluding diaryl/α,β-unsaturated/α-hetero) is 1. The first-order chi connectivity index (χ1) is 22.5. The third kappa shape index (κ3) is 9.04. The van der Waals surface area contributed by atoms with Crippen molar-refractivity contribution in [2.75, 3.05) is 12.3 Å². The average Bonchev–Trinajstić information content (AvgIpc) is 3.83. The first-order valence-electron chi connectivity index (χ1n) is 17.7. The number of carbonyl (C=O) groups is 5. The number of halogens is 2. The maximum atomic E-state index is 14.4. The molecule has 0 aromatic rings. The minimum absolute atomic E-state index is 0.0304. The molecule has 4 N–H and O–H groups in total. The van der Waals surface area contributed by atoms with Crippen molar-refractivity contribution in [1.29, 1.82) is 0 Å². The molecule has 49 heavy (non-hydrogen) atoms. The Morgan fingerprint density at radius 2 is 1.55 bits per heavy atom. The Morgan fingerprint density at radius 1 is 0.939 bits per heavy atom. The van der Waals surface area contributed by atoms with Crippen LogP contribution in [0.3, 0.4) is 0 Å². The maximum Gasteiger partial charge on any atom is 0.315 e. The highest BCUT2D eigenvalue weighted by atomic mass is 35.5. The average molecular weight is 749 g/mol. The molecule has 12 nitrogen and oxygen atoms in total. The second-order valence-corrected chi connectivity index (χ2v) is 20.9. The smallest absolute Gasteiger partial charge is 0.315 e. The molecule has 1 aliphatic heterocycles. The van der Waals surface area contributed by atoms with Gasteiger partial charge in [0.05, 0.1) is 22.1 Å². The second-order valence-electron chi connectivity index (χ2n) is 16.7. The zero-order valence-corrected chi connectivity index (χ0v) is 32.2. The number of sulfone groups is 1. The first-order valence-corrected chi connectivity index (χ1v) is 20.1. The van der Waals surface area contributed by atoms with Gasteiger partial charge in [0, 0.05) is 24.4 Å². The molecule has 5 atom stereocenters. The van der Waals surface area contributed by atoms with E-state index >= 15 is 0 Å². The third-order valence-corrected chi connectivity index (χ3v) is 14.3. The molecule has 4 aliphatic rings. The lowest BCUT2D eigenvalue weighted by atomic mass is 9.83. The molecule has 5 amide bonds. The minimum atomic E-state index is -3.58. The Balaban J connectivity index is 1.54. The van der Waals surface area contributed by atoms with Crippen LogP contribution < -0.4 is 21.3 Å². The number of amides is 5. The summed E-state index contributed by atoms with van der Waals surface area (Å²) < 4.78 is 24.3. The third-order valence-electron chi connectivity index (χ3n) is 10.5. The van der Waals surface area contributed by atoms with Gasteiger partial charge in [-0.05, 0) is 58.3 Å². The Hall–Kier alpha value is -2.12. The molecule has 4 fully saturated rings. The SMILES string of the molecule is CCCC[C@H](NC(=O)[C@@H]1[C@@H]2[C@H](CN1C(=O)[C@@H](NC(=O)NC1(CS(=O)(=O)C(C)(C)C)CCCCC1)C(C)(C)C)C2(Cl)Cl)C(=O)C(=O)NC1CC1. The first kappa shape index (κ1) is 39.7. The summed E-state index contributed by atoms with van der Waals surface area (Å²) in [5.74, 6) is -3.87. The Bertz CT molecular complexity index is 1410. The summed E-state index contributed by atoms with van der Waals surface area (Å²) in [4.78, 5) is 69.2. The lowest BCUT2D eigenvalue weighted by Crippen LogP contribution is -2.64. The molecule has 15 heteroatoms. The number of likely N-dealkylation sites (tertiary alicyclic amines) is 1. The van der Waals surface area contributed by atoms with Gasteiger partial charge in [-0.3, -0.25) is 19.2 Å². The number of hydrogen-bond acceptors (Lipinski definition) is 7. The van der Waals surface area contributed by atoms with Gasteiger partial charge >= 0.3 is 6.03 Å². The molecular weight excluding hydrogens is 693 g/mol. The van der Waals surface area contributed by atoms with Crippen LogP contribution in [-0.4, -0.2) is 93.9 Å². The van der Waals surface area contributed by atoms with E-state index in [4.69, 9.17) is 23.2 Å². The largest absolute Gasteiger partial charge is 0.347 e. The van der Waals surface area contributed by atoms with Crippen molar-refractivity contribution in [3.05, 3.63) is 0 Å². The van der Waals surface area contributed by atoms with Crippen LogP contribution in [0.1, 0.15) is 113 Å². The maximum absolute atomic E-state index is 14.4. The monoisotopic (exact) mass is 747 g/mol. The van der Waals surface area contributed by atoms with E-state index in [2.05, 4.69) is 21.3 Å². The summed E-state index contributed by atoms with van der Waals surface area (Å²) in [6.45, 7) is 12.3. The fourth-order valence-electron chi connectivity index (χ4n) is 7.05. The number of piperidine rings is 1. The summed E-state index contributed by atoms with van der Waals surface area (Å²) in [5, 5.41) is 11.2. The molecule has 0 aromatic carbocycles. The summed E-state index contributed by atoms with van der Waals surface area (Å²) in [6.07, 6.45) is 6.62. The molecular formula is C34H55Cl2N5O7S. The van der Waals surface area contributed by atoms with Gasteiger partial charge in [0.2, 0.25) is 17.6 Å². The number of rotatable bonds is 13. The van der Waals surface area contributed by atoms with Crippen molar-refractivity contribution in [3.8, 4) is 0 Å². The van der Waals surface area contributed by atoms with Gasteiger partial charge in [-0.1, -0.05) is 59.8 Å². The second kappa shape index (κ2) is 14.5. The number of carbonyl (C=O) groups excluding carboxylic acids is 5. The number of fused-ring (bicyclic) bond motifs is 1. The molecule has 3 saturated carbocycles. The van der Waals surface area contributed by atoms with Crippen LogP contribution in [0.25, 0.3) is 0 Å². The Kier molecular flexibility index (Phi) is 11.7. The highest BCUT2D eigenvalue weighted by Crippen LogP contribution is 2.65. The molecule has 1 heterocycles. The van der Waals surface area contributed by atoms with E-state index in [0.29, 0.717) is 19.3 Å². The van der Waals surface area contributed by atoms with Crippen LogP contribution >= 0.6 is 23.2 Å². The number of nitrogens with zero attached hydrogens (tertiary/aromatic N) is 1. The molecule has 0 aromatic heterocycles. The highest BCUT2D eigenvalue weighted by molar-refractivity contribution is 7.92. The molecule has 1 saturated heterocycles. The van der Waals surface area contributed by atoms with Crippen molar-refractivity contribution in [3.63, 3.8) is 0 Å². The van der Waals surface area contributed by atoms with Crippen LogP contribution in [0.4, 0.5) is 4.79 Å². The molecule has 0 radical (unpaired) electrons. The van der Waals surface area contributed by atoms with E-state index in [9.17, 15) is 32.4 Å². The molecule has 278 valence electrons. The number of urea groups is 1. The minimum Gasteiger partial charge on any atom is -0.347 e. The number of alkyl halides is 2. The van der Waals surface area contributed by atoms with Gasteiger partial charge in [0.1, 0.15) is 16.4 Å². The Labute approximate surface area is 301 Å². The fraction of sp³-hybridized carbons (Fsp3) is 0.853. The van der Waals surface area contributed by atoms with Crippen LogP contribution in [-0.2, 0) is 29.0 Å². The van der Waals surface area contributed by atoms with Gasteiger partial charge in [0.25, 0.3) is 5.91 Å². The Morgan fingerprint density at radius 3 is 2.08 bits per heavy atom. The van der Waals surface area contributed by atoms with Crippen molar-refractivity contribution in [2.45, 2.75) is 151 Å². The predicted molar refractivity (Wildman–Crippen MR) is 189 cm³/mol. The summed E-state index contributed by atoms with van der Waals surface area (Å²) in [7, 11) is -3.58. The van der Waals surface area contributed by atoms with Crippen LogP contribution in [0.15, 0.2) is 0 Å². The topological polar surface area (TPSA) is 171 Å². The van der Waals surface area contributed by atoms with Gasteiger partial charge in [-0.15, -0.1) is 23.2 Å². The van der Waals surface area contributed by atoms with E-state index in [1.165, 1.54) is 4.90 Å². The van der Waals surface area contributed by atoms with Gasteiger partial charge in [-0.25, -0.2) is 13.2 Å². The molecule has 4 rings (SSSR count). The van der Waals surface area contributed by atoms with E-state index in [0.717, 1.165) is 38.5 Å². The van der Waals surface area contributed by atoms with E-state index < -0.39 is 89.4 Å². The van der Waals surface area contributed by atoms with Crippen LogP contribution in [0.2, 0.25) is 0 Å². The van der Waals surface area contributed by atoms with Gasteiger partial charge < -0.3 is 26.2 Å². The van der Waals surface area contributed by atoms with Crippen LogP contribution in [0, 0.1) is 17.3 Å². The highest BCUT2D eigenvalue weighted by Gasteiger charge is 2.74. The van der Waals surface area contributed by atoms with E-state index in [-0.39, 0.29) is 24.8 Å². The zero-order chi connectivity index (χ0) is 36.7. The van der Waals surface area contributed by atoms with Crippen molar-refractivity contribution in [1.82, 2.24) is 26.2 Å². The number of ketones is 1. The fourth-order valence-corrected chi connectivity index (χ4v) is 9.39. The number of hydrogen-bond donors (Lipinski definition) is 4. The zero-order valence-electron chi connectivity index (χ0n) is 29.9. The standard InChI is InChI=1S/C34H55Cl2N5O7S/c1-8-9-13-22(25(42)28(44)37-20-14-15-20)38-27(43)24-23-21(34(23,35)36)18-41(24)29(45)26(31(2,3)4)39-30(46)40-33(16-11-10-12-17-33)19-49(47,48)32(5,6)7/h20-24,26H,8-19H2,1-7H3,(H,37,44)(H,38,43)(H2,39,40,46)/t21-,22-,23-,24-,26+/m0/s1. The molecule has 0 spiro atoms. The molecule has 0 unspecified atom stereocenters. The lowest BCUT2D eigenvalue weighted by Gasteiger charge is -2.41. The van der Waals surface area contributed by atoms with Crippen molar-refractivity contribution >= 4 is 62.6 Å².